The fourth-order valence-electron chi connectivity index (χ4n) is 3.71. The minimum atomic E-state index is 0.867. The van der Waals surface area contributed by atoms with Crippen molar-refractivity contribution in [3.8, 4) is 11.1 Å². The number of benzene rings is 1. The molecule has 3 heterocycles. The van der Waals surface area contributed by atoms with Gasteiger partial charge in [-0.2, -0.15) is 9.61 Å². The van der Waals surface area contributed by atoms with E-state index in [0.717, 1.165) is 73.4 Å². The Morgan fingerprint density at radius 2 is 1.85 bits per heavy atom. The number of ether oxygens (including phenoxy) is 1. The number of hydrogen-bond acceptors (Lipinski definition) is 4. The zero-order valence-corrected chi connectivity index (χ0v) is 16.4. The lowest BCUT2D eigenvalue weighted by Gasteiger charge is -2.23. The first-order chi connectivity index (χ1) is 13.1. The molecule has 0 atom stereocenters. The van der Waals surface area contributed by atoms with Crippen LogP contribution in [-0.2, 0) is 4.74 Å². The summed E-state index contributed by atoms with van der Waals surface area (Å²) >= 11 is 0. The monoisotopic (exact) mass is 366 g/mol. The maximum absolute atomic E-state index is 5.44. The summed E-state index contributed by atoms with van der Waals surface area (Å²) < 4.78 is 7.39. The van der Waals surface area contributed by atoms with Crippen LogP contribution in [0.4, 0.5) is 5.82 Å². The third-order valence-electron chi connectivity index (χ3n) is 5.22. The van der Waals surface area contributed by atoms with Crippen LogP contribution in [0.15, 0.2) is 30.3 Å². The standard InChI is InChI=1S/C21H27N5O/c1-15-4-6-18(7-5-15)20-17(3)24-26-19(14-16(2)23-21(20)26)22-8-9-25-10-12-27-13-11-25/h4-7,14,22H,8-13H2,1-3H3/p+1. The number of nitrogens with zero attached hydrogens (tertiary/aromatic N) is 3. The van der Waals surface area contributed by atoms with Crippen molar-refractivity contribution in [1.82, 2.24) is 14.6 Å². The summed E-state index contributed by atoms with van der Waals surface area (Å²) in [5.74, 6) is 1.01. The van der Waals surface area contributed by atoms with E-state index in [0.29, 0.717) is 0 Å². The second-order valence-electron chi connectivity index (χ2n) is 7.38. The van der Waals surface area contributed by atoms with Gasteiger partial charge < -0.3 is 15.0 Å². The Bertz CT molecular complexity index is 926. The van der Waals surface area contributed by atoms with Gasteiger partial charge in [0, 0.05) is 17.3 Å². The number of hydrogen-bond donors (Lipinski definition) is 2. The second kappa shape index (κ2) is 7.66. The Balaban J connectivity index is 1.62. The highest BCUT2D eigenvalue weighted by molar-refractivity contribution is 5.81. The summed E-state index contributed by atoms with van der Waals surface area (Å²) in [6, 6.07) is 10.7. The van der Waals surface area contributed by atoms with Gasteiger partial charge in [-0.1, -0.05) is 29.8 Å². The summed E-state index contributed by atoms with van der Waals surface area (Å²) in [7, 11) is 0. The molecule has 6 heteroatoms. The molecule has 3 aromatic rings. The number of anilines is 1. The van der Waals surface area contributed by atoms with Gasteiger partial charge in [-0.15, -0.1) is 0 Å². The first kappa shape index (κ1) is 17.9. The Morgan fingerprint density at radius 1 is 1.11 bits per heavy atom. The molecule has 2 aromatic heterocycles. The molecule has 0 amide bonds. The predicted molar refractivity (Wildman–Crippen MR) is 108 cm³/mol. The van der Waals surface area contributed by atoms with E-state index >= 15 is 0 Å². The van der Waals surface area contributed by atoms with E-state index in [1.54, 1.807) is 4.90 Å². The van der Waals surface area contributed by atoms with Crippen LogP contribution in [0.2, 0.25) is 0 Å². The normalized spacial score (nSPS) is 15.4. The van der Waals surface area contributed by atoms with Crippen molar-refractivity contribution in [3.63, 3.8) is 0 Å². The van der Waals surface area contributed by atoms with Crippen LogP contribution in [0.1, 0.15) is 17.0 Å². The third-order valence-corrected chi connectivity index (χ3v) is 5.22. The first-order valence-electron chi connectivity index (χ1n) is 9.71. The number of aromatic nitrogens is 3. The zero-order chi connectivity index (χ0) is 18.8. The summed E-state index contributed by atoms with van der Waals surface area (Å²) in [6.45, 7) is 12.1. The summed E-state index contributed by atoms with van der Waals surface area (Å²) in [6.07, 6.45) is 0. The van der Waals surface area contributed by atoms with Gasteiger partial charge in [0.15, 0.2) is 5.65 Å². The molecule has 4 rings (SSSR count). The fraction of sp³-hybridized carbons (Fsp3) is 0.429. The predicted octanol–water partition coefficient (Wildman–Crippen LogP) is 1.65. The second-order valence-corrected chi connectivity index (χ2v) is 7.38. The van der Waals surface area contributed by atoms with Crippen molar-refractivity contribution < 1.29 is 9.64 Å². The zero-order valence-electron chi connectivity index (χ0n) is 16.4. The van der Waals surface area contributed by atoms with Gasteiger partial charge in [-0.05, 0) is 26.3 Å². The molecule has 27 heavy (non-hydrogen) atoms. The quantitative estimate of drug-likeness (QED) is 0.721. The van der Waals surface area contributed by atoms with E-state index in [1.165, 1.54) is 5.56 Å². The van der Waals surface area contributed by atoms with Gasteiger partial charge in [-0.3, -0.25) is 0 Å². The molecule has 142 valence electrons. The van der Waals surface area contributed by atoms with Crippen LogP contribution in [0.3, 0.4) is 0 Å². The molecule has 0 aliphatic carbocycles. The van der Waals surface area contributed by atoms with Gasteiger partial charge in [0.25, 0.3) is 0 Å². The van der Waals surface area contributed by atoms with Gasteiger partial charge in [-0.25, -0.2) is 4.98 Å². The summed E-state index contributed by atoms with van der Waals surface area (Å²) in [5, 5.41) is 8.36. The maximum Gasteiger partial charge on any atom is 0.165 e. The Hall–Kier alpha value is -2.44. The maximum atomic E-state index is 5.44. The SMILES string of the molecule is Cc1ccc(-c2c(C)nn3c(NCC[NH+]4CCOCC4)cc(C)nc23)cc1. The van der Waals surface area contributed by atoms with E-state index < -0.39 is 0 Å². The van der Waals surface area contributed by atoms with Crippen LogP contribution < -0.4 is 10.2 Å². The van der Waals surface area contributed by atoms with E-state index in [9.17, 15) is 0 Å². The van der Waals surface area contributed by atoms with Crippen LogP contribution >= 0.6 is 0 Å². The third kappa shape index (κ3) is 3.82. The van der Waals surface area contributed by atoms with Gasteiger partial charge >= 0.3 is 0 Å². The van der Waals surface area contributed by atoms with Crippen molar-refractivity contribution in [2.75, 3.05) is 44.7 Å². The number of morpholine rings is 1. The molecule has 0 spiro atoms. The van der Waals surface area contributed by atoms with Gasteiger partial charge in [0.05, 0.1) is 32.0 Å². The van der Waals surface area contributed by atoms with Crippen molar-refractivity contribution in [3.05, 3.63) is 47.3 Å². The Morgan fingerprint density at radius 3 is 2.59 bits per heavy atom. The Kier molecular flexibility index (Phi) is 5.09. The molecule has 1 aromatic carbocycles. The highest BCUT2D eigenvalue weighted by Gasteiger charge is 2.17. The van der Waals surface area contributed by atoms with Crippen molar-refractivity contribution in [1.29, 1.82) is 0 Å². The average molecular weight is 366 g/mol. The topological polar surface area (TPSA) is 55.9 Å². The molecule has 2 N–H and O–H groups in total. The van der Waals surface area contributed by atoms with Crippen LogP contribution in [0.5, 0.6) is 0 Å². The van der Waals surface area contributed by atoms with Crippen molar-refractivity contribution in [2.45, 2.75) is 20.8 Å². The fourth-order valence-corrected chi connectivity index (χ4v) is 3.71. The molecular formula is C21H28N5O+. The number of quaternary nitrogens is 1. The van der Waals surface area contributed by atoms with Gasteiger partial charge in [0.1, 0.15) is 18.9 Å². The molecular weight excluding hydrogens is 338 g/mol. The van der Waals surface area contributed by atoms with Crippen LogP contribution in [0.25, 0.3) is 16.8 Å². The largest absolute Gasteiger partial charge is 0.370 e. The minimum absolute atomic E-state index is 0.867. The highest BCUT2D eigenvalue weighted by Crippen LogP contribution is 2.29. The molecule has 0 radical (unpaired) electrons. The van der Waals surface area contributed by atoms with Gasteiger partial charge in [0.2, 0.25) is 0 Å². The number of fused-ring (bicyclic) bond motifs is 1. The van der Waals surface area contributed by atoms with Crippen molar-refractivity contribution in [2.24, 2.45) is 0 Å². The van der Waals surface area contributed by atoms with Crippen LogP contribution in [-0.4, -0.2) is 54.0 Å². The lowest BCUT2D eigenvalue weighted by Crippen LogP contribution is -3.14. The number of rotatable bonds is 5. The first-order valence-corrected chi connectivity index (χ1v) is 9.71. The molecule has 6 nitrogen and oxygen atoms in total. The lowest BCUT2D eigenvalue weighted by atomic mass is 10.0. The molecule has 0 bridgehead atoms. The molecule has 1 fully saturated rings. The summed E-state index contributed by atoms with van der Waals surface area (Å²) in [5.41, 5.74) is 6.44. The van der Waals surface area contributed by atoms with E-state index in [2.05, 4.69) is 49.5 Å². The molecule has 1 aliphatic heterocycles. The average Bonchev–Trinajstić information content (AvgIpc) is 2.99. The molecule has 1 saturated heterocycles. The van der Waals surface area contributed by atoms with E-state index in [-0.39, 0.29) is 0 Å². The number of aryl methyl sites for hydroxylation is 3. The molecule has 0 unspecified atom stereocenters. The minimum Gasteiger partial charge on any atom is -0.370 e. The highest BCUT2D eigenvalue weighted by atomic mass is 16.5. The van der Waals surface area contributed by atoms with E-state index in [4.69, 9.17) is 14.8 Å². The van der Waals surface area contributed by atoms with Crippen molar-refractivity contribution >= 4 is 11.5 Å². The Labute approximate surface area is 160 Å². The van der Waals surface area contributed by atoms with Crippen LogP contribution in [0, 0.1) is 20.8 Å². The summed E-state index contributed by atoms with van der Waals surface area (Å²) in [4.78, 5) is 6.38. The lowest BCUT2D eigenvalue weighted by molar-refractivity contribution is -0.906. The number of nitrogens with one attached hydrogen (secondary N) is 2. The smallest absolute Gasteiger partial charge is 0.165 e. The molecule has 0 saturated carbocycles. The molecule has 1 aliphatic rings. The van der Waals surface area contributed by atoms with E-state index in [1.807, 2.05) is 11.4 Å².